The first-order valence-electron chi connectivity index (χ1n) is 8.84. The van der Waals surface area contributed by atoms with Gasteiger partial charge in [-0.3, -0.25) is 9.91 Å². The molecule has 1 aliphatic rings. The summed E-state index contributed by atoms with van der Waals surface area (Å²) in [5.74, 6) is 0.286. The first kappa shape index (κ1) is 18.5. The zero-order chi connectivity index (χ0) is 18.4. The minimum Gasteiger partial charge on any atom is -0.507 e. The van der Waals surface area contributed by atoms with Crippen LogP contribution in [0.5, 0.6) is 5.75 Å². The quantitative estimate of drug-likeness (QED) is 0.619. The van der Waals surface area contributed by atoms with Crippen molar-refractivity contribution in [3.05, 3.63) is 76.8 Å². The normalized spacial score (nSPS) is 15.5. The maximum Gasteiger partial charge on any atom is 0.127 e. The van der Waals surface area contributed by atoms with Gasteiger partial charge in [-0.15, -0.1) is 6.58 Å². The molecule has 0 radical (unpaired) electrons. The minimum absolute atomic E-state index is 0.286. The highest BCUT2D eigenvalue weighted by atomic mass is 35.5. The zero-order valence-electron chi connectivity index (χ0n) is 14.8. The van der Waals surface area contributed by atoms with E-state index in [-0.39, 0.29) is 5.75 Å². The molecule has 1 fully saturated rings. The van der Waals surface area contributed by atoms with E-state index < -0.39 is 0 Å². The van der Waals surface area contributed by atoms with Crippen LogP contribution in [0.1, 0.15) is 16.7 Å². The second-order valence-electron chi connectivity index (χ2n) is 6.41. The van der Waals surface area contributed by atoms with Crippen molar-refractivity contribution in [2.45, 2.75) is 13.0 Å². The summed E-state index contributed by atoms with van der Waals surface area (Å²) < 4.78 is 0. The SMILES string of the molecule is C=CCc1cccc(/C=N/N2CCN(Cc3ccccc3Cl)CC2)c1O. The van der Waals surface area contributed by atoms with Crippen molar-refractivity contribution in [2.24, 2.45) is 5.10 Å². The third-order valence-corrected chi connectivity index (χ3v) is 4.94. The van der Waals surface area contributed by atoms with Crippen LogP contribution in [0.15, 0.2) is 60.2 Å². The molecule has 0 aromatic heterocycles. The number of hydrogen-bond acceptors (Lipinski definition) is 4. The summed E-state index contributed by atoms with van der Waals surface area (Å²) in [6, 6.07) is 13.7. The summed E-state index contributed by atoms with van der Waals surface area (Å²) in [5.41, 5.74) is 2.77. The highest BCUT2D eigenvalue weighted by molar-refractivity contribution is 6.31. The highest BCUT2D eigenvalue weighted by Crippen LogP contribution is 2.22. The fourth-order valence-electron chi connectivity index (χ4n) is 3.06. The molecule has 0 spiro atoms. The molecule has 26 heavy (non-hydrogen) atoms. The van der Waals surface area contributed by atoms with Crippen molar-refractivity contribution in [1.29, 1.82) is 0 Å². The van der Waals surface area contributed by atoms with Crippen molar-refractivity contribution >= 4 is 17.8 Å². The summed E-state index contributed by atoms with van der Waals surface area (Å²) in [7, 11) is 0. The number of piperazine rings is 1. The standard InChI is InChI=1S/C21H24ClN3O/c1-2-6-17-8-5-9-18(21(17)26)15-23-25-13-11-24(12-14-25)16-19-7-3-4-10-20(19)22/h2-5,7-10,15,26H,1,6,11-14,16H2/b23-15+. The Labute approximate surface area is 160 Å². The molecule has 1 saturated heterocycles. The molecule has 0 amide bonds. The number of para-hydroxylation sites is 1. The van der Waals surface area contributed by atoms with Crippen LogP contribution in [0, 0.1) is 0 Å². The van der Waals surface area contributed by atoms with Crippen molar-refractivity contribution in [3.8, 4) is 5.75 Å². The molecule has 0 bridgehead atoms. The van der Waals surface area contributed by atoms with Crippen LogP contribution in [-0.2, 0) is 13.0 Å². The molecule has 0 aliphatic carbocycles. The number of phenolic OH excluding ortho intramolecular Hbond substituents is 1. The largest absolute Gasteiger partial charge is 0.507 e. The lowest BCUT2D eigenvalue weighted by atomic mass is 10.1. The van der Waals surface area contributed by atoms with E-state index in [1.807, 2.05) is 41.4 Å². The molecule has 0 saturated carbocycles. The Morgan fingerprint density at radius 3 is 2.50 bits per heavy atom. The van der Waals surface area contributed by atoms with Crippen LogP contribution < -0.4 is 0 Å². The molecule has 3 rings (SSSR count). The first-order valence-corrected chi connectivity index (χ1v) is 9.21. The van der Waals surface area contributed by atoms with Gasteiger partial charge in [-0.1, -0.05) is 48.0 Å². The van der Waals surface area contributed by atoms with Gasteiger partial charge in [-0.2, -0.15) is 5.10 Å². The molecule has 136 valence electrons. The summed E-state index contributed by atoms with van der Waals surface area (Å²) >= 11 is 6.25. The number of rotatable bonds is 6. The molecule has 4 nitrogen and oxygen atoms in total. The van der Waals surface area contributed by atoms with Gasteiger partial charge in [0.15, 0.2) is 0 Å². The molecule has 0 unspecified atom stereocenters. The topological polar surface area (TPSA) is 39.1 Å². The van der Waals surface area contributed by atoms with Crippen molar-refractivity contribution < 1.29 is 5.11 Å². The molecule has 5 heteroatoms. The Kier molecular flexibility index (Phi) is 6.31. The Bertz CT molecular complexity index is 783. The van der Waals surface area contributed by atoms with E-state index in [9.17, 15) is 5.11 Å². The molecule has 2 aromatic carbocycles. The Morgan fingerprint density at radius 2 is 1.77 bits per heavy atom. The van der Waals surface area contributed by atoms with E-state index in [0.717, 1.165) is 54.4 Å². The van der Waals surface area contributed by atoms with E-state index in [1.54, 1.807) is 12.3 Å². The number of halogens is 1. The van der Waals surface area contributed by atoms with Crippen LogP contribution in [0.4, 0.5) is 0 Å². The monoisotopic (exact) mass is 369 g/mol. The Morgan fingerprint density at radius 1 is 1.04 bits per heavy atom. The molecular weight excluding hydrogens is 346 g/mol. The summed E-state index contributed by atoms with van der Waals surface area (Å²) in [6.45, 7) is 8.17. The summed E-state index contributed by atoms with van der Waals surface area (Å²) in [6.07, 6.45) is 4.17. The smallest absolute Gasteiger partial charge is 0.127 e. The fraction of sp³-hybridized carbons (Fsp3) is 0.286. The number of benzene rings is 2. The number of phenols is 1. The van der Waals surface area contributed by atoms with Crippen molar-refractivity contribution in [1.82, 2.24) is 9.91 Å². The van der Waals surface area contributed by atoms with Gasteiger partial charge in [0.25, 0.3) is 0 Å². The van der Waals surface area contributed by atoms with Gasteiger partial charge in [0.2, 0.25) is 0 Å². The summed E-state index contributed by atoms with van der Waals surface area (Å²) in [4.78, 5) is 2.38. The second kappa shape index (κ2) is 8.88. The summed E-state index contributed by atoms with van der Waals surface area (Å²) in [5, 5.41) is 17.7. The van der Waals surface area contributed by atoms with Crippen LogP contribution in [0.2, 0.25) is 5.02 Å². The fourth-order valence-corrected chi connectivity index (χ4v) is 3.25. The number of hydrogen-bond donors (Lipinski definition) is 1. The maximum absolute atomic E-state index is 10.3. The molecule has 2 aromatic rings. The third-order valence-electron chi connectivity index (χ3n) is 4.58. The molecule has 1 heterocycles. The minimum atomic E-state index is 0.286. The van der Waals surface area contributed by atoms with Gasteiger partial charge in [-0.05, 0) is 29.7 Å². The average Bonchev–Trinajstić information content (AvgIpc) is 2.66. The second-order valence-corrected chi connectivity index (χ2v) is 6.82. The molecule has 0 atom stereocenters. The van der Waals surface area contributed by atoms with Gasteiger partial charge in [0, 0.05) is 43.3 Å². The van der Waals surface area contributed by atoms with Crippen molar-refractivity contribution in [3.63, 3.8) is 0 Å². The predicted molar refractivity (Wildman–Crippen MR) is 108 cm³/mol. The number of nitrogens with zero attached hydrogens (tertiary/aromatic N) is 3. The van der Waals surface area contributed by atoms with E-state index in [4.69, 9.17) is 11.6 Å². The number of allylic oxidation sites excluding steroid dienone is 1. The van der Waals surface area contributed by atoms with Crippen LogP contribution in [0.3, 0.4) is 0 Å². The van der Waals surface area contributed by atoms with Crippen LogP contribution in [-0.4, -0.2) is 47.4 Å². The average molecular weight is 370 g/mol. The zero-order valence-corrected chi connectivity index (χ0v) is 15.6. The lowest BCUT2D eigenvalue weighted by Crippen LogP contribution is -2.43. The Hall–Kier alpha value is -2.30. The number of hydrazone groups is 1. The first-order chi connectivity index (χ1) is 12.7. The van der Waals surface area contributed by atoms with Gasteiger partial charge in [-0.25, -0.2) is 0 Å². The highest BCUT2D eigenvalue weighted by Gasteiger charge is 2.16. The van der Waals surface area contributed by atoms with Crippen LogP contribution in [0.25, 0.3) is 0 Å². The van der Waals surface area contributed by atoms with E-state index in [1.165, 1.54) is 0 Å². The van der Waals surface area contributed by atoms with Crippen molar-refractivity contribution in [2.75, 3.05) is 26.2 Å². The lowest BCUT2D eigenvalue weighted by molar-refractivity contribution is 0.131. The van der Waals surface area contributed by atoms with Gasteiger partial charge < -0.3 is 5.11 Å². The molecule has 1 N–H and O–H groups in total. The maximum atomic E-state index is 10.3. The van der Waals surface area contributed by atoms with Gasteiger partial charge in [0.05, 0.1) is 6.21 Å². The molecule has 1 aliphatic heterocycles. The van der Waals surface area contributed by atoms with E-state index in [2.05, 4.69) is 22.6 Å². The Balaban J connectivity index is 1.56. The molecular formula is C21H24ClN3O. The van der Waals surface area contributed by atoms with E-state index in [0.29, 0.717) is 6.42 Å². The van der Waals surface area contributed by atoms with Gasteiger partial charge in [0.1, 0.15) is 5.75 Å². The van der Waals surface area contributed by atoms with Gasteiger partial charge >= 0.3 is 0 Å². The predicted octanol–water partition coefficient (Wildman–Crippen LogP) is 3.93. The number of aromatic hydroxyl groups is 1. The van der Waals surface area contributed by atoms with Crippen LogP contribution >= 0.6 is 11.6 Å². The van der Waals surface area contributed by atoms with E-state index >= 15 is 0 Å². The third kappa shape index (κ3) is 4.65. The lowest BCUT2D eigenvalue weighted by Gasteiger charge is -2.33.